The number of hydrogen-bond donors (Lipinski definition) is 1. The summed E-state index contributed by atoms with van der Waals surface area (Å²) in [6.07, 6.45) is 1.25. The van der Waals surface area contributed by atoms with Gasteiger partial charge in [-0.2, -0.15) is 0 Å². The van der Waals surface area contributed by atoms with Crippen LogP contribution in [0.4, 0.5) is 0 Å². The van der Waals surface area contributed by atoms with Crippen molar-refractivity contribution in [2.24, 2.45) is 5.92 Å². The van der Waals surface area contributed by atoms with E-state index in [0.717, 1.165) is 0 Å². The molecule has 1 N–H and O–H groups in total. The van der Waals surface area contributed by atoms with Gasteiger partial charge in [0.15, 0.2) is 0 Å². The fourth-order valence-electron chi connectivity index (χ4n) is 0.634. The first-order chi connectivity index (χ1) is 4.22. The number of hydrogen-bond acceptors (Lipinski definition) is 1. The molecule has 0 aromatic carbocycles. The Morgan fingerprint density at radius 1 is 1.78 bits per heavy atom. The fourth-order valence-corrected chi connectivity index (χ4v) is 0.897. The molecule has 0 aromatic heterocycles. The summed E-state index contributed by atoms with van der Waals surface area (Å²) < 4.78 is 0. The molecule has 0 aromatic rings. The van der Waals surface area contributed by atoms with Crippen molar-refractivity contribution in [3.63, 3.8) is 0 Å². The second kappa shape index (κ2) is 4.62. The molecule has 0 bridgehead atoms. The lowest BCUT2D eigenvalue weighted by Gasteiger charge is -2.04. The summed E-state index contributed by atoms with van der Waals surface area (Å²) in [6.45, 7) is 1.85. The predicted octanol–water partition coefficient (Wildman–Crippen LogP) is 1.73. The van der Waals surface area contributed by atoms with Crippen molar-refractivity contribution in [1.29, 1.82) is 0 Å². The van der Waals surface area contributed by atoms with Crippen molar-refractivity contribution in [2.75, 3.05) is 5.88 Å². The number of alkyl halides is 1. The van der Waals surface area contributed by atoms with Gasteiger partial charge in [0.1, 0.15) is 0 Å². The third-order valence-corrected chi connectivity index (χ3v) is 1.52. The van der Waals surface area contributed by atoms with E-state index in [2.05, 4.69) is 0 Å². The van der Waals surface area contributed by atoms with Gasteiger partial charge in [-0.05, 0) is 12.8 Å². The van der Waals surface area contributed by atoms with E-state index in [1.807, 2.05) is 6.92 Å². The third kappa shape index (κ3) is 3.36. The predicted molar refractivity (Wildman–Crippen MR) is 36.8 cm³/mol. The molecule has 0 fully saturated rings. The summed E-state index contributed by atoms with van der Waals surface area (Å²) in [5.74, 6) is -0.550. The molecule has 0 saturated heterocycles. The number of carboxylic acid groups (broad SMARTS) is 1. The van der Waals surface area contributed by atoms with Crippen LogP contribution in [0.25, 0.3) is 0 Å². The molecular formula is C6H11ClO2. The van der Waals surface area contributed by atoms with Crippen LogP contribution in [-0.2, 0) is 4.79 Å². The third-order valence-electron chi connectivity index (χ3n) is 1.30. The smallest absolute Gasteiger partial charge is 0.306 e. The SMILES string of the molecule is CCC(CCCl)C(=O)O. The molecule has 9 heavy (non-hydrogen) atoms. The van der Waals surface area contributed by atoms with Gasteiger partial charge < -0.3 is 5.11 Å². The molecule has 0 saturated carbocycles. The maximum absolute atomic E-state index is 10.3. The summed E-state index contributed by atoms with van der Waals surface area (Å²) in [5.41, 5.74) is 0. The zero-order valence-electron chi connectivity index (χ0n) is 5.43. The van der Waals surface area contributed by atoms with Gasteiger partial charge in [-0.3, -0.25) is 4.79 Å². The fraction of sp³-hybridized carbons (Fsp3) is 0.833. The van der Waals surface area contributed by atoms with Crippen LogP contribution in [-0.4, -0.2) is 17.0 Å². The van der Waals surface area contributed by atoms with Crippen LogP contribution in [0, 0.1) is 5.92 Å². The molecule has 2 nitrogen and oxygen atoms in total. The molecule has 54 valence electrons. The molecule has 0 heterocycles. The Hall–Kier alpha value is -0.240. The van der Waals surface area contributed by atoms with Gasteiger partial charge in [-0.1, -0.05) is 6.92 Å². The van der Waals surface area contributed by atoms with Crippen LogP contribution < -0.4 is 0 Å². The average Bonchev–Trinajstić information content (AvgIpc) is 1.82. The molecule has 0 amide bonds. The van der Waals surface area contributed by atoms with Crippen molar-refractivity contribution in [1.82, 2.24) is 0 Å². The molecule has 0 radical (unpaired) electrons. The number of halogens is 1. The van der Waals surface area contributed by atoms with Crippen LogP contribution >= 0.6 is 11.6 Å². The van der Waals surface area contributed by atoms with Crippen molar-refractivity contribution in [3.8, 4) is 0 Å². The Morgan fingerprint density at radius 3 is 2.44 bits per heavy atom. The lowest BCUT2D eigenvalue weighted by molar-refractivity contribution is -0.141. The lowest BCUT2D eigenvalue weighted by Crippen LogP contribution is -2.12. The van der Waals surface area contributed by atoms with Gasteiger partial charge in [0, 0.05) is 5.88 Å². The van der Waals surface area contributed by atoms with Gasteiger partial charge in [0.05, 0.1) is 5.92 Å². The lowest BCUT2D eigenvalue weighted by atomic mass is 10.0. The Kier molecular flexibility index (Phi) is 4.50. The number of carbonyl (C=O) groups is 1. The molecule has 1 atom stereocenters. The first-order valence-corrected chi connectivity index (χ1v) is 3.54. The van der Waals surface area contributed by atoms with E-state index in [9.17, 15) is 4.79 Å². The largest absolute Gasteiger partial charge is 0.481 e. The van der Waals surface area contributed by atoms with E-state index >= 15 is 0 Å². The van der Waals surface area contributed by atoms with Crippen molar-refractivity contribution in [2.45, 2.75) is 19.8 Å². The van der Waals surface area contributed by atoms with E-state index in [-0.39, 0.29) is 5.92 Å². The zero-order valence-corrected chi connectivity index (χ0v) is 6.19. The highest BCUT2D eigenvalue weighted by atomic mass is 35.5. The minimum absolute atomic E-state index is 0.248. The first-order valence-electron chi connectivity index (χ1n) is 3.01. The highest BCUT2D eigenvalue weighted by Gasteiger charge is 2.12. The molecular weight excluding hydrogens is 140 g/mol. The summed E-state index contributed by atoms with van der Waals surface area (Å²) in [4.78, 5) is 10.3. The number of carboxylic acids is 1. The topological polar surface area (TPSA) is 37.3 Å². The normalized spacial score (nSPS) is 13.1. The monoisotopic (exact) mass is 150 g/mol. The minimum atomic E-state index is -0.738. The molecule has 0 aliphatic carbocycles. The molecule has 0 aliphatic rings. The molecule has 3 heteroatoms. The number of aliphatic carboxylic acids is 1. The maximum Gasteiger partial charge on any atom is 0.306 e. The van der Waals surface area contributed by atoms with Gasteiger partial charge in [0.2, 0.25) is 0 Å². The summed E-state index contributed by atoms with van der Waals surface area (Å²) in [7, 11) is 0. The van der Waals surface area contributed by atoms with E-state index in [0.29, 0.717) is 18.7 Å². The van der Waals surface area contributed by atoms with Crippen LogP contribution in [0.1, 0.15) is 19.8 Å². The van der Waals surface area contributed by atoms with Crippen molar-refractivity contribution >= 4 is 17.6 Å². The first kappa shape index (κ1) is 8.76. The Bertz CT molecular complexity index is 93.1. The minimum Gasteiger partial charge on any atom is -0.481 e. The highest BCUT2D eigenvalue weighted by Crippen LogP contribution is 2.08. The summed E-state index contributed by atoms with van der Waals surface area (Å²) in [5, 5.41) is 8.45. The van der Waals surface area contributed by atoms with Crippen LogP contribution in [0.2, 0.25) is 0 Å². The highest BCUT2D eigenvalue weighted by molar-refractivity contribution is 6.17. The Balaban J connectivity index is 3.54. The van der Waals surface area contributed by atoms with Crippen LogP contribution in [0.5, 0.6) is 0 Å². The second-order valence-electron chi connectivity index (χ2n) is 1.92. The summed E-state index contributed by atoms with van der Waals surface area (Å²) >= 11 is 5.36. The van der Waals surface area contributed by atoms with E-state index in [1.54, 1.807) is 0 Å². The van der Waals surface area contributed by atoms with E-state index < -0.39 is 5.97 Å². The quantitative estimate of drug-likeness (QED) is 0.620. The Morgan fingerprint density at radius 2 is 2.33 bits per heavy atom. The molecule has 1 unspecified atom stereocenters. The van der Waals surface area contributed by atoms with E-state index in [4.69, 9.17) is 16.7 Å². The van der Waals surface area contributed by atoms with Crippen molar-refractivity contribution in [3.05, 3.63) is 0 Å². The number of rotatable bonds is 4. The summed E-state index contributed by atoms with van der Waals surface area (Å²) in [6, 6.07) is 0. The van der Waals surface area contributed by atoms with Crippen LogP contribution in [0.15, 0.2) is 0 Å². The van der Waals surface area contributed by atoms with Gasteiger partial charge in [0.25, 0.3) is 0 Å². The van der Waals surface area contributed by atoms with Crippen molar-refractivity contribution < 1.29 is 9.90 Å². The second-order valence-corrected chi connectivity index (χ2v) is 2.30. The van der Waals surface area contributed by atoms with Crippen LogP contribution in [0.3, 0.4) is 0 Å². The zero-order chi connectivity index (χ0) is 7.28. The van der Waals surface area contributed by atoms with E-state index in [1.165, 1.54) is 0 Å². The van der Waals surface area contributed by atoms with Gasteiger partial charge >= 0.3 is 5.97 Å². The molecule has 0 aliphatic heterocycles. The Labute approximate surface area is 59.8 Å². The molecule has 0 spiro atoms. The average molecular weight is 151 g/mol. The van der Waals surface area contributed by atoms with Gasteiger partial charge in [-0.25, -0.2) is 0 Å². The molecule has 0 rings (SSSR count). The standard InChI is InChI=1S/C6H11ClO2/c1-2-5(3-4-7)6(8)9/h5H,2-4H2,1H3,(H,8,9). The van der Waals surface area contributed by atoms with Gasteiger partial charge in [-0.15, -0.1) is 11.6 Å². The maximum atomic E-state index is 10.3.